The van der Waals surface area contributed by atoms with Crippen LogP contribution >= 0.6 is 0 Å². The Morgan fingerprint density at radius 2 is 1.67 bits per heavy atom. The minimum atomic E-state index is -1.66. The molecule has 0 amide bonds. The van der Waals surface area contributed by atoms with Crippen LogP contribution in [0.5, 0.6) is 11.5 Å². The maximum Gasteiger partial charge on any atom is 1.00 e. The van der Waals surface area contributed by atoms with Crippen molar-refractivity contribution in [2.45, 2.75) is 39.7 Å². The van der Waals surface area contributed by atoms with Crippen molar-refractivity contribution in [2.75, 3.05) is 7.11 Å². The minimum absolute atomic E-state index is 0. The summed E-state index contributed by atoms with van der Waals surface area (Å²) in [7, 11) is 1.35. The first-order chi connectivity index (χ1) is 11.2. The van der Waals surface area contributed by atoms with E-state index in [1.54, 1.807) is 19.9 Å². The van der Waals surface area contributed by atoms with E-state index < -0.39 is 29.9 Å². The summed E-state index contributed by atoms with van der Waals surface area (Å²) >= 11 is 0. The van der Waals surface area contributed by atoms with Crippen LogP contribution in [0.3, 0.4) is 0 Å². The molecule has 0 aliphatic rings. The van der Waals surface area contributed by atoms with E-state index >= 15 is 0 Å². The number of allylic oxidation sites excluding steroid dienone is 2. The average molecular weight is 404 g/mol. The fourth-order valence-corrected chi connectivity index (χ4v) is 2.49. The molecule has 0 atom stereocenters. The first-order valence-corrected chi connectivity index (χ1v) is 7.31. The van der Waals surface area contributed by atoms with E-state index in [-0.39, 0.29) is 125 Å². The van der Waals surface area contributed by atoms with Crippen LogP contribution in [0.2, 0.25) is 0 Å². The van der Waals surface area contributed by atoms with Gasteiger partial charge in [0.15, 0.2) is 0 Å². The van der Waals surface area contributed by atoms with Crippen molar-refractivity contribution in [3.63, 3.8) is 0 Å². The van der Waals surface area contributed by atoms with Crippen LogP contribution in [-0.4, -0.2) is 24.2 Å². The molecule has 1 N–H and O–H groups in total. The van der Waals surface area contributed by atoms with Gasteiger partial charge in [-0.15, -0.1) is 0 Å². The van der Waals surface area contributed by atoms with Crippen molar-refractivity contribution in [3.05, 3.63) is 33.9 Å². The minimum Gasteiger partial charge on any atom is -0.872 e. The molecule has 0 bridgehead atoms. The zero-order valence-corrected chi connectivity index (χ0v) is 22.8. The van der Waals surface area contributed by atoms with Crippen molar-refractivity contribution >= 4 is 11.9 Å². The number of aliphatic hydroxyl groups excluding tert-OH is 1. The van der Waals surface area contributed by atoms with Crippen molar-refractivity contribution in [3.8, 4) is 11.5 Å². The summed E-state index contributed by atoms with van der Waals surface area (Å²) in [4.78, 5) is 21.7. The predicted octanol–water partition coefficient (Wildman–Crippen LogP) is -10.0. The standard InChI is InChI=1S/C17H22O7.3Na/c1-9(5-7-13(19)20)4-6-11-15(21)14(17(22)23)12(8-18)10(2)16(11)24-3;;;/h4,18,21H,5-8H2,1-3H3,(H,19,20)(H,22,23);;;/q;3*+1/p-3/b9-4+;;;. The first kappa shape index (κ1) is 32.1. The van der Waals surface area contributed by atoms with Crippen LogP contribution < -0.4 is 109 Å². The largest absolute Gasteiger partial charge is 1.00 e. The molecular formula is C17H19Na3O7. The second-order valence-corrected chi connectivity index (χ2v) is 5.39. The Kier molecular flexibility index (Phi) is 18.2. The molecule has 0 aliphatic heterocycles. The number of aromatic carboxylic acids is 1. The third-order valence-electron chi connectivity index (χ3n) is 3.81. The maximum absolute atomic E-state index is 12.5. The molecule has 0 heterocycles. The summed E-state index contributed by atoms with van der Waals surface area (Å²) in [5, 5.41) is 43.6. The molecule has 1 aromatic rings. The topological polar surface area (TPSA) is 133 Å². The van der Waals surface area contributed by atoms with Gasteiger partial charge in [0.25, 0.3) is 0 Å². The van der Waals surface area contributed by atoms with Gasteiger partial charge in [0.05, 0.1) is 19.7 Å². The molecule has 0 aromatic heterocycles. The molecule has 0 spiro atoms. The zero-order chi connectivity index (χ0) is 18.4. The Hall–Kier alpha value is 0.460. The molecule has 10 heteroatoms. The maximum atomic E-state index is 12.5. The van der Waals surface area contributed by atoms with Gasteiger partial charge in [-0.25, -0.2) is 0 Å². The quantitative estimate of drug-likeness (QED) is 0.336. The number of rotatable bonds is 8. The Morgan fingerprint density at radius 1 is 1.11 bits per heavy atom. The van der Waals surface area contributed by atoms with Gasteiger partial charge in [-0.05, 0) is 55.4 Å². The second-order valence-electron chi connectivity index (χ2n) is 5.39. The fraction of sp³-hybridized carbons (Fsp3) is 0.412. The van der Waals surface area contributed by atoms with Crippen molar-refractivity contribution in [1.29, 1.82) is 0 Å². The number of hydrogen-bond donors (Lipinski definition) is 1. The van der Waals surface area contributed by atoms with Gasteiger partial charge in [0, 0.05) is 5.97 Å². The van der Waals surface area contributed by atoms with Crippen molar-refractivity contribution < 1.29 is 123 Å². The number of benzene rings is 1. The second kappa shape index (κ2) is 15.3. The van der Waals surface area contributed by atoms with Gasteiger partial charge in [0.1, 0.15) is 5.75 Å². The summed E-state index contributed by atoms with van der Waals surface area (Å²) in [6.07, 6.45) is 1.84. The Morgan fingerprint density at radius 3 is 2.07 bits per heavy atom. The van der Waals surface area contributed by atoms with E-state index in [2.05, 4.69) is 0 Å². The number of carbonyl (C=O) groups is 2. The van der Waals surface area contributed by atoms with Crippen molar-refractivity contribution in [1.82, 2.24) is 0 Å². The molecule has 1 rings (SSSR count). The summed E-state index contributed by atoms with van der Waals surface area (Å²) in [6, 6.07) is 0. The predicted molar refractivity (Wildman–Crippen MR) is 79.1 cm³/mol. The average Bonchev–Trinajstić information content (AvgIpc) is 2.52. The molecule has 132 valence electrons. The van der Waals surface area contributed by atoms with Crippen LogP contribution in [0.15, 0.2) is 11.6 Å². The molecular weight excluding hydrogens is 385 g/mol. The number of hydrogen-bond acceptors (Lipinski definition) is 7. The Labute approximate surface area is 225 Å². The molecule has 27 heavy (non-hydrogen) atoms. The molecule has 0 unspecified atom stereocenters. The number of carbonyl (C=O) groups excluding carboxylic acids is 2. The summed E-state index contributed by atoms with van der Waals surface area (Å²) < 4.78 is 5.21. The van der Waals surface area contributed by atoms with E-state index in [1.165, 1.54) is 7.11 Å². The van der Waals surface area contributed by atoms with E-state index in [1.807, 2.05) is 0 Å². The van der Waals surface area contributed by atoms with E-state index in [0.717, 1.165) is 5.57 Å². The van der Waals surface area contributed by atoms with Gasteiger partial charge in [-0.3, -0.25) is 0 Å². The van der Waals surface area contributed by atoms with Crippen LogP contribution in [0, 0.1) is 6.92 Å². The first-order valence-electron chi connectivity index (χ1n) is 7.31. The molecule has 1 aromatic carbocycles. The molecule has 0 saturated heterocycles. The van der Waals surface area contributed by atoms with Gasteiger partial charge in [-0.1, -0.05) is 17.4 Å². The molecule has 0 aliphatic carbocycles. The van der Waals surface area contributed by atoms with E-state index in [9.17, 15) is 30.0 Å². The number of aliphatic carboxylic acids is 1. The summed E-state index contributed by atoms with van der Waals surface area (Å²) in [6.45, 7) is 2.63. The van der Waals surface area contributed by atoms with Crippen LogP contribution in [0.4, 0.5) is 0 Å². The third-order valence-corrected chi connectivity index (χ3v) is 3.81. The van der Waals surface area contributed by atoms with Gasteiger partial charge in [0.2, 0.25) is 0 Å². The number of ether oxygens (including phenoxy) is 1. The number of carboxylic acid groups (broad SMARTS) is 2. The van der Waals surface area contributed by atoms with Crippen LogP contribution in [-0.2, 0) is 17.8 Å². The monoisotopic (exact) mass is 404 g/mol. The van der Waals surface area contributed by atoms with Crippen LogP contribution in [0.25, 0.3) is 0 Å². The zero-order valence-electron chi connectivity index (χ0n) is 16.8. The fourth-order valence-electron chi connectivity index (χ4n) is 2.49. The number of methoxy groups -OCH3 is 1. The summed E-state index contributed by atoms with van der Waals surface area (Å²) in [5.41, 5.74) is 0.596. The van der Waals surface area contributed by atoms with E-state index in [4.69, 9.17) is 4.74 Å². The molecule has 7 nitrogen and oxygen atoms in total. The smallest absolute Gasteiger partial charge is 0.872 e. The number of aliphatic hydroxyl groups is 1. The van der Waals surface area contributed by atoms with Gasteiger partial charge < -0.3 is 34.8 Å². The Balaban J connectivity index is -0.00000192. The van der Waals surface area contributed by atoms with Gasteiger partial charge in [-0.2, -0.15) is 0 Å². The van der Waals surface area contributed by atoms with Gasteiger partial charge >= 0.3 is 88.7 Å². The van der Waals surface area contributed by atoms with Crippen molar-refractivity contribution in [2.24, 2.45) is 0 Å². The normalized spacial score (nSPS) is 10.1. The summed E-state index contributed by atoms with van der Waals surface area (Å²) in [5.74, 6) is -3.40. The molecule has 0 radical (unpaired) electrons. The molecule has 0 fully saturated rings. The van der Waals surface area contributed by atoms with Crippen LogP contribution in [0.1, 0.15) is 46.8 Å². The molecule has 0 saturated carbocycles. The third kappa shape index (κ3) is 8.78. The Bertz CT molecular complexity index is 688. The van der Waals surface area contributed by atoms with E-state index in [0.29, 0.717) is 5.56 Å². The number of carboxylic acids is 2. The SMILES string of the molecule is COc1c(C)c(CO)c(C(=O)[O-])c([O-])c1C/C=C(\C)CCC(=O)[O-].[Na+].[Na+].[Na+].